The van der Waals surface area contributed by atoms with Gasteiger partial charge in [-0.3, -0.25) is 4.79 Å². The van der Waals surface area contributed by atoms with Gasteiger partial charge in [0.1, 0.15) is 5.82 Å². The first kappa shape index (κ1) is 16.6. The van der Waals surface area contributed by atoms with Gasteiger partial charge in [0, 0.05) is 37.7 Å². The quantitative estimate of drug-likeness (QED) is 0.859. The van der Waals surface area contributed by atoms with Gasteiger partial charge in [0.2, 0.25) is 11.9 Å². The fourth-order valence-electron chi connectivity index (χ4n) is 4.21. The van der Waals surface area contributed by atoms with Crippen molar-refractivity contribution in [1.29, 1.82) is 0 Å². The molecule has 25 heavy (non-hydrogen) atoms. The predicted molar refractivity (Wildman–Crippen MR) is 95.2 cm³/mol. The molecule has 2 aliphatic heterocycles. The Morgan fingerprint density at radius 3 is 2.72 bits per heavy atom. The number of nitrogens with zero attached hydrogens (tertiary/aromatic N) is 3. The highest BCUT2D eigenvalue weighted by molar-refractivity contribution is 5.79. The molecule has 0 aromatic carbocycles. The molecule has 0 unspecified atom stereocenters. The number of aromatic nitrogens is 2. The fraction of sp³-hybridized carbons (Fsp3) is 0.722. The predicted octanol–water partition coefficient (Wildman–Crippen LogP) is 1.38. The Kier molecular flexibility index (Phi) is 4.74. The summed E-state index contributed by atoms with van der Waals surface area (Å²) in [7, 11) is 0. The summed E-state index contributed by atoms with van der Waals surface area (Å²) < 4.78 is 5.37. The minimum absolute atomic E-state index is 0.0217. The molecule has 1 aromatic heterocycles. The minimum atomic E-state index is 0.0217. The average molecular weight is 345 g/mol. The molecule has 7 nitrogen and oxygen atoms in total. The first-order valence-electron chi connectivity index (χ1n) is 9.49. The topological polar surface area (TPSA) is 93.4 Å². The number of rotatable bonds is 3. The van der Waals surface area contributed by atoms with Gasteiger partial charge >= 0.3 is 0 Å². The van der Waals surface area contributed by atoms with E-state index >= 15 is 0 Å². The summed E-state index contributed by atoms with van der Waals surface area (Å²) in [6, 6.07) is 0.482. The number of fused-ring (bicyclic) bond motifs is 1. The zero-order chi connectivity index (χ0) is 17.2. The Morgan fingerprint density at radius 1 is 1.16 bits per heavy atom. The van der Waals surface area contributed by atoms with Crippen molar-refractivity contribution < 1.29 is 9.53 Å². The third-order valence-electron chi connectivity index (χ3n) is 5.65. The van der Waals surface area contributed by atoms with Crippen LogP contribution in [0.5, 0.6) is 0 Å². The van der Waals surface area contributed by atoms with Gasteiger partial charge in [-0.15, -0.1) is 0 Å². The molecule has 1 amide bonds. The summed E-state index contributed by atoms with van der Waals surface area (Å²) in [6.07, 6.45) is 7.27. The largest absolute Gasteiger partial charge is 0.381 e. The van der Waals surface area contributed by atoms with E-state index in [2.05, 4.69) is 15.3 Å². The van der Waals surface area contributed by atoms with Crippen molar-refractivity contribution >= 4 is 17.7 Å². The van der Waals surface area contributed by atoms with E-state index in [0.717, 1.165) is 42.9 Å². The summed E-state index contributed by atoms with van der Waals surface area (Å²) >= 11 is 0. The molecular formula is C18H27N5O2. The number of carbonyl (C=O) groups excluding carboxylic acids is 1. The second-order valence-electron chi connectivity index (χ2n) is 7.37. The molecule has 3 aliphatic rings. The summed E-state index contributed by atoms with van der Waals surface area (Å²) in [5.74, 6) is 1.45. The lowest BCUT2D eigenvalue weighted by Gasteiger charge is -2.23. The number of ether oxygens (including phenoxy) is 1. The van der Waals surface area contributed by atoms with Crippen LogP contribution in [0.2, 0.25) is 0 Å². The number of nitrogens with two attached hydrogens (primary N) is 1. The molecule has 0 spiro atoms. The molecule has 4 rings (SSSR count). The van der Waals surface area contributed by atoms with Crippen LogP contribution in [0.3, 0.4) is 0 Å². The molecule has 1 atom stereocenters. The van der Waals surface area contributed by atoms with Gasteiger partial charge in [-0.05, 0) is 25.7 Å². The van der Waals surface area contributed by atoms with E-state index in [1.165, 1.54) is 25.7 Å². The molecule has 3 heterocycles. The van der Waals surface area contributed by atoms with Crippen molar-refractivity contribution in [2.24, 2.45) is 5.92 Å². The first-order chi connectivity index (χ1) is 12.2. The highest BCUT2D eigenvalue weighted by Crippen LogP contribution is 2.27. The van der Waals surface area contributed by atoms with E-state index in [4.69, 9.17) is 10.5 Å². The van der Waals surface area contributed by atoms with Crippen LogP contribution in [0.1, 0.15) is 43.4 Å². The van der Waals surface area contributed by atoms with Crippen LogP contribution < -0.4 is 11.1 Å². The van der Waals surface area contributed by atoms with Crippen LogP contribution in [-0.2, 0) is 22.4 Å². The number of anilines is 2. The molecule has 0 radical (unpaired) electrons. The van der Waals surface area contributed by atoms with E-state index in [1.807, 2.05) is 4.90 Å². The Hall–Kier alpha value is -1.89. The maximum absolute atomic E-state index is 12.7. The number of hydrogen-bond acceptors (Lipinski definition) is 6. The minimum Gasteiger partial charge on any atom is -0.381 e. The summed E-state index contributed by atoms with van der Waals surface area (Å²) in [5, 5.41) is 3.58. The van der Waals surface area contributed by atoms with Crippen molar-refractivity contribution in [2.75, 3.05) is 37.4 Å². The number of carbonyl (C=O) groups is 1. The van der Waals surface area contributed by atoms with Crippen molar-refractivity contribution in [3.8, 4) is 0 Å². The standard InChI is InChI=1S/C18H27N5O2/c19-18-21-15-6-9-23(17(24)12-7-10-25-11-12)8-5-14(15)16(22-18)20-13-3-1-2-4-13/h12-13H,1-11H2,(H3,19,20,21,22)/t12-/m1/s1. The lowest BCUT2D eigenvalue weighted by molar-refractivity contribution is -0.135. The highest BCUT2D eigenvalue weighted by Gasteiger charge is 2.30. The lowest BCUT2D eigenvalue weighted by atomic mass is 10.1. The molecule has 3 N–H and O–H groups in total. The zero-order valence-electron chi connectivity index (χ0n) is 14.7. The fourth-order valence-corrected chi connectivity index (χ4v) is 4.21. The van der Waals surface area contributed by atoms with Crippen LogP contribution in [0.25, 0.3) is 0 Å². The summed E-state index contributed by atoms with van der Waals surface area (Å²) in [5.41, 5.74) is 8.07. The molecule has 7 heteroatoms. The third kappa shape index (κ3) is 3.56. The Bertz CT molecular complexity index is 639. The maximum atomic E-state index is 12.7. The van der Waals surface area contributed by atoms with Crippen LogP contribution in [0.4, 0.5) is 11.8 Å². The summed E-state index contributed by atoms with van der Waals surface area (Å²) in [6.45, 7) is 2.67. The summed E-state index contributed by atoms with van der Waals surface area (Å²) in [4.78, 5) is 23.6. The molecule has 136 valence electrons. The second-order valence-corrected chi connectivity index (χ2v) is 7.37. The highest BCUT2D eigenvalue weighted by atomic mass is 16.5. The Balaban J connectivity index is 1.51. The van der Waals surface area contributed by atoms with Crippen molar-refractivity contribution in [1.82, 2.24) is 14.9 Å². The molecule has 1 aromatic rings. The van der Waals surface area contributed by atoms with Crippen LogP contribution >= 0.6 is 0 Å². The second kappa shape index (κ2) is 7.15. The monoisotopic (exact) mass is 345 g/mol. The van der Waals surface area contributed by atoms with Gasteiger partial charge in [-0.2, -0.15) is 4.98 Å². The maximum Gasteiger partial charge on any atom is 0.228 e. The van der Waals surface area contributed by atoms with E-state index in [-0.39, 0.29) is 11.8 Å². The molecule has 0 bridgehead atoms. The van der Waals surface area contributed by atoms with E-state index in [9.17, 15) is 4.79 Å². The zero-order valence-corrected chi connectivity index (χ0v) is 14.7. The van der Waals surface area contributed by atoms with Gasteiger partial charge in [0.25, 0.3) is 0 Å². The van der Waals surface area contributed by atoms with Crippen LogP contribution in [0, 0.1) is 5.92 Å². The first-order valence-corrected chi connectivity index (χ1v) is 9.49. The SMILES string of the molecule is Nc1nc2c(c(NC3CCCC3)n1)CCN(C(=O)[C@@H]1CCOC1)CC2. The van der Waals surface area contributed by atoms with Crippen LogP contribution in [-0.4, -0.2) is 53.1 Å². The number of hydrogen-bond donors (Lipinski definition) is 2. The number of nitrogen functional groups attached to an aromatic ring is 1. The van der Waals surface area contributed by atoms with Gasteiger partial charge in [0.15, 0.2) is 0 Å². The Morgan fingerprint density at radius 2 is 1.96 bits per heavy atom. The molecule has 1 aliphatic carbocycles. The average Bonchev–Trinajstić information content (AvgIpc) is 3.26. The van der Waals surface area contributed by atoms with E-state index in [1.54, 1.807) is 0 Å². The van der Waals surface area contributed by atoms with Gasteiger partial charge in [-0.25, -0.2) is 4.98 Å². The molecule has 2 fully saturated rings. The van der Waals surface area contributed by atoms with E-state index < -0.39 is 0 Å². The number of nitrogens with one attached hydrogen (secondary N) is 1. The molecule has 1 saturated carbocycles. The smallest absolute Gasteiger partial charge is 0.228 e. The third-order valence-corrected chi connectivity index (χ3v) is 5.65. The van der Waals surface area contributed by atoms with Crippen molar-refractivity contribution in [3.05, 3.63) is 11.3 Å². The van der Waals surface area contributed by atoms with Gasteiger partial charge in [0.05, 0.1) is 18.2 Å². The molecular weight excluding hydrogens is 318 g/mol. The van der Waals surface area contributed by atoms with Gasteiger partial charge in [-0.1, -0.05) is 12.8 Å². The number of amides is 1. The van der Waals surface area contributed by atoms with Crippen molar-refractivity contribution in [3.63, 3.8) is 0 Å². The normalized spacial score (nSPS) is 24.2. The Labute approximate surface area is 148 Å². The lowest BCUT2D eigenvalue weighted by Crippen LogP contribution is -2.38. The van der Waals surface area contributed by atoms with Crippen molar-refractivity contribution in [2.45, 2.75) is 51.0 Å². The van der Waals surface area contributed by atoms with Crippen LogP contribution in [0.15, 0.2) is 0 Å². The van der Waals surface area contributed by atoms with E-state index in [0.29, 0.717) is 31.7 Å². The van der Waals surface area contributed by atoms with Gasteiger partial charge < -0.3 is 20.7 Å². The molecule has 1 saturated heterocycles.